The fourth-order valence-electron chi connectivity index (χ4n) is 3.89. The largest absolute Gasteiger partial charge is 0.348 e. The predicted molar refractivity (Wildman–Crippen MR) is 123 cm³/mol. The Hall–Kier alpha value is -3.85. The Morgan fingerprint density at radius 2 is 1.50 bits per heavy atom. The van der Waals surface area contributed by atoms with Crippen molar-refractivity contribution < 1.29 is 4.79 Å². The smallest absolute Gasteiger partial charge is 0.251 e. The lowest BCUT2D eigenvalue weighted by Gasteiger charge is -2.09. The second kappa shape index (κ2) is 7.88. The SMILES string of the molecule is O=C(NCc1ccccc1)c1ccc2c(ccn2Cc2ccc3ccccc3c2)c1. The van der Waals surface area contributed by atoms with Crippen molar-refractivity contribution >= 4 is 27.6 Å². The maximum atomic E-state index is 12.6. The first kappa shape index (κ1) is 18.2. The van der Waals surface area contributed by atoms with E-state index in [0.29, 0.717) is 12.1 Å². The Kier molecular flexibility index (Phi) is 4.78. The van der Waals surface area contributed by atoms with Gasteiger partial charge in [0, 0.05) is 35.8 Å². The Balaban J connectivity index is 1.34. The summed E-state index contributed by atoms with van der Waals surface area (Å²) in [6, 6.07) is 32.9. The molecule has 0 fully saturated rings. The third-order valence-corrected chi connectivity index (χ3v) is 5.50. The van der Waals surface area contributed by atoms with E-state index in [1.807, 2.05) is 48.5 Å². The number of carbonyl (C=O) groups is 1. The molecule has 5 rings (SSSR count). The van der Waals surface area contributed by atoms with E-state index in [1.54, 1.807) is 0 Å². The zero-order valence-electron chi connectivity index (χ0n) is 16.6. The van der Waals surface area contributed by atoms with E-state index in [4.69, 9.17) is 0 Å². The predicted octanol–water partition coefficient (Wildman–Crippen LogP) is 5.77. The molecular formula is C27H22N2O. The minimum absolute atomic E-state index is 0.0527. The summed E-state index contributed by atoms with van der Waals surface area (Å²) in [5.74, 6) is -0.0527. The van der Waals surface area contributed by atoms with Crippen LogP contribution in [-0.4, -0.2) is 10.5 Å². The fourth-order valence-corrected chi connectivity index (χ4v) is 3.89. The van der Waals surface area contributed by atoms with Crippen molar-refractivity contribution in [2.24, 2.45) is 0 Å². The Bertz CT molecular complexity index is 1340. The highest BCUT2D eigenvalue weighted by Gasteiger charge is 2.09. The molecule has 0 aliphatic heterocycles. The molecule has 3 nitrogen and oxygen atoms in total. The molecule has 0 unspecified atom stereocenters. The lowest BCUT2D eigenvalue weighted by molar-refractivity contribution is 0.0951. The van der Waals surface area contributed by atoms with Crippen molar-refractivity contribution in [2.75, 3.05) is 0 Å². The lowest BCUT2D eigenvalue weighted by Crippen LogP contribution is -2.22. The summed E-state index contributed by atoms with van der Waals surface area (Å²) >= 11 is 0. The Morgan fingerprint density at radius 3 is 2.37 bits per heavy atom. The van der Waals surface area contributed by atoms with Crippen molar-refractivity contribution in [3.63, 3.8) is 0 Å². The highest BCUT2D eigenvalue weighted by atomic mass is 16.1. The summed E-state index contributed by atoms with van der Waals surface area (Å²) < 4.78 is 2.23. The number of benzene rings is 4. The van der Waals surface area contributed by atoms with E-state index in [9.17, 15) is 4.79 Å². The van der Waals surface area contributed by atoms with Gasteiger partial charge in [-0.2, -0.15) is 0 Å². The van der Waals surface area contributed by atoms with E-state index in [-0.39, 0.29) is 5.91 Å². The highest BCUT2D eigenvalue weighted by Crippen LogP contribution is 2.21. The molecule has 0 atom stereocenters. The normalized spacial score (nSPS) is 11.1. The second-order valence-electron chi connectivity index (χ2n) is 7.57. The van der Waals surface area contributed by atoms with Crippen LogP contribution in [0.4, 0.5) is 0 Å². The van der Waals surface area contributed by atoms with Crippen molar-refractivity contribution in [1.29, 1.82) is 0 Å². The van der Waals surface area contributed by atoms with Gasteiger partial charge in [-0.25, -0.2) is 0 Å². The molecule has 1 amide bonds. The summed E-state index contributed by atoms with van der Waals surface area (Å²) in [4.78, 5) is 12.6. The van der Waals surface area contributed by atoms with Gasteiger partial charge in [-0.1, -0.05) is 66.7 Å². The minimum atomic E-state index is -0.0527. The number of hydrogen-bond donors (Lipinski definition) is 1. The third kappa shape index (κ3) is 3.70. The van der Waals surface area contributed by atoms with Crippen molar-refractivity contribution in [3.05, 3.63) is 120 Å². The molecule has 146 valence electrons. The van der Waals surface area contributed by atoms with Crippen LogP contribution in [-0.2, 0) is 13.1 Å². The van der Waals surface area contributed by atoms with Gasteiger partial charge in [0.25, 0.3) is 5.91 Å². The first-order chi connectivity index (χ1) is 14.8. The quantitative estimate of drug-likeness (QED) is 0.406. The molecule has 4 aromatic carbocycles. The average molecular weight is 390 g/mol. The number of rotatable bonds is 5. The number of nitrogens with zero attached hydrogens (tertiary/aromatic N) is 1. The van der Waals surface area contributed by atoms with Gasteiger partial charge < -0.3 is 9.88 Å². The molecule has 30 heavy (non-hydrogen) atoms. The highest BCUT2D eigenvalue weighted by molar-refractivity contribution is 5.98. The van der Waals surface area contributed by atoms with Crippen LogP contribution < -0.4 is 5.32 Å². The van der Waals surface area contributed by atoms with E-state index in [1.165, 1.54) is 16.3 Å². The Morgan fingerprint density at radius 1 is 0.700 bits per heavy atom. The zero-order chi connectivity index (χ0) is 20.3. The van der Waals surface area contributed by atoms with E-state index < -0.39 is 0 Å². The number of nitrogens with one attached hydrogen (secondary N) is 1. The average Bonchev–Trinajstić information content (AvgIpc) is 3.20. The van der Waals surface area contributed by atoms with Gasteiger partial charge in [-0.05, 0) is 52.2 Å². The van der Waals surface area contributed by atoms with Crippen LogP contribution in [0.1, 0.15) is 21.5 Å². The summed E-state index contributed by atoms with van der Waals surface area (Å²) in [7, 11) is 0. The molecule has 5 aromatic rings. The summed E-state index contributed by atoms with van der Waals surface area (Å²) in [5.41, 5.74) is 4.16. The minimum Gasteiger partial charge on any atom is -0.348 e. The van der Waals surface area contributed by atoms with Gasteiger partial charge in [0.15, 0.2) is 0 Å². The molecule has 0 aliphatic carbocycles. The van der Waals surface area contributed by atoms with Crippen LogP contribution in [0.5, 0.6) is 0 Å². The number of carbonyl (C=O) groups excluding carboxylic acids is 1. The molecule has 1 aromatic heterocycles. The first-order valence-corrected chi connectivity index (χ1v) is 10.1. The van der Waals surface area contributed by atoms with Gasteiger partial charge in [0.2, 0.25) is 0 Å². The van der Waals surface area contributed by atoms with E-state index >= 15 is 0 Å². The topological polar surface area (TPSA) is 34.0 Å². The number of amides is 1. The van der Waals surface area contributed by atoms with Gasteiger partial charge in [-0.3, -0.25) is 4.79 Å². The molecular weight excluding hydrogens is 368 g/mol. The monoisotopic (exact) mass is 390 g/mol. The van der Waals surface area contributed by atoms with Gasteiger partial charge in [-0.15, -0.1) is 0 Å². The van der Waals surface area contributed by atoms with Crippen LogP contribution in [0.3, 0.4) is 0 Å². The van der Waals surface area contributed by atoms with Crippen molar-refractivity contribution in [2.45, 2.75) is 13.1 Å². The molecule has 1 heterocycles. The summed E-state index contributed by atoms with van der Waals surface area (Å²) in [6.45, 7) is 1.33. The van der Waals surface area contributed by atoms with Crippen LogP contribution >= 0.6 is 0 Å². The molecule has 0 saturated heterocycles. The summed E-state index contributed by atoms with van der Waals surface area (Å²) in [6.07, 6.45) is 2.09. The van der Waals surface area contributed by atoms with Crippen LogP contribution in [0, 0.1) is 0 Å². The maximum Gasteiger partial charge on any atom is 0.251 e. The van der Waals surface area contributed by atoms with Gasteiger partial charge in [0.1, 0.15) is 0 Å². The zero-order valence-corrected chi connectivity index (χ0v) is 16.6. The van der Waals surface area contributed by atoms with Crippen LogP contribution in [0.25, 0.3) is 21.7 Å². The molecule has 0 spiro atoms. The number of fused-ring (bicyclic) bond motifs is 2. The molecule has 0 saturated carbocycles. The summed E-state index contributed by atoms with van der Waals surface area (Å²) in [5, 5.41) is 6.58. The molecule has 0 radical (unpaired) electrons. The third-order valence-electron chi connectivity index (χ3n) is 5.50. The van der Waals surface area contributed by atoms with Crippen molar-refractivity contribution in [3.8, 4) is 0 Å². The maximum absolute atomic E-state index is 12.6. The molecule has 0 aliphatic rings. The molecule has 0 bridgehead atoms. The van der Waals surface area contributed by atoms with E-state index in [0.717, 1.165) is 23.0 Å². The second-order valence-corrected chi connectivity index (χ2v) is 7.57. The van der Waals surface area contributed by atoms with Gasteiger partial charge in [0.05, 0.1) is 0 Å². The first-order valence-electron chi connectivity index (χ1n) is 10.1. The van der Waals surface area contributed by atoms with Crippen LogP contribution in [0.15, 0.2) is 103 Å². The van der Waals surface area contributed by atoms with Crippen molar-refractivity contribution in [1.82, 2.24) is 9.88 Å². The molecule has 3 heteroatoms. The fraction of sp³-hybridized carbons (Fsp3) is 0.0741. The number of hydrogen-bond acceptors (Lipinski definition) is 1. The number of aromatic nitrogens is 1. The van der Waals surface area contributed by atoms with Crippen LogP contribution in [0.2, 0.25) is 0 Å². The molecule has 1 N–H and O–H groups in total. The lowest BCUT2D eigenvalue weighted by atomic mass is 10.1. The van der Waals surface area contributed by atoms with Gasteiger partial charge >= 0.3 is 0 Å². The Labute approximate surface area is 175 Å². The van der Waals surface area contributed by atoms with E-state index in [2.05, 4.69) is 64.6 Å². The standard InChI is InChI=1S/C27H22N2O/c30-27(28-18-20-6-2-1-3-7-20)25-12-13-26-24(17-25)14-15-29(26)19-21-10-11-22-8-4-5-9-23(22)16-21/h1-17H,18-19H2,(H,28,30).